The van der Waals surface area contributed by atoms with Gasteiger partial charge in [0.15, 0.2) is 6.10 Å². The highest BCUT2D eigenvalue weighted by molar-refractivity contribution is 6.01. The molecule has 0 unspecified atom stereocenters. The van der Waals surface area contributed by atoms with E-state index in [0.29, 0.717) is 5.56 Å². The van der Waals surface area contributed by atoms with Crippen LogP contribution in [-0.2, 0) is 19.1 Å². The van der Waals surface area contributed by atoms with E-state index in [2.05, 4.69) is 16.0 Å². The first kappa shape index (κ1) is 22.1. The van der Waals surface area contributed by atoms with Crippen molar-refractivity contribution in [2.75, 3.05) is 0 Å². The number of carbonyl (C=O) groups is 4. The van der Waals surface area contributed by atoms with Gasteiger partial charge in [0.1, 0.15) is 5.70 Å². The lowest BCUT2D eigenvalue weighted by Gasteiger charge is -2.23. The highest BCUT2D eigenvalue weighted by atomic mass is 16.5. The van der Waals surface area contributed by atoms with E-state index in [1.165, 1.54) is 19.9 Å². The number of benzene rings is 1. The molecule has 2 rings (SSSR count). The Morgan fingerprint density at radius 3 is 2.31 bits per heavy atom. The Hall–Kier alpha value is -3.16. The summed E-state index contributed by atoms with van der Waals surface area (Å²) in [5.74, 6) is -2.07. The third-order valence-corrected chi connectivity index (χ3v) is 4.47. The molecule has 0 bridgehead atoms. The lowest BCUT2D eigenvalue weighted by atomic mass is 9.96. The number of rotatable bonds is 6. The Labute approximate surface area is 170 Å². The summed E-state index contributed by atoms with van der Waals surface area (Å²) in [5, 5.41) is 7.35. The Morgan fingerprint density at radius 1 is 1.03 bits per heavy atom. The van der Waals surface area contributed by atoms with Gasteiger partial charge in [0, 0.05) is 13.0 Å². The van der Waals surface area contributed by atoms with Crippen LogP contribution in [0.4, 0.5) is 4.79 Å². The number of imide groups is 1. The fraction of sp³-hybridized carbons (Fsp3) is 0.429. The molecule has 0 spiro atoms. The normalized spacial score (nSPS) is 15.7. The average molecular weight is 401 g/mol. The van der Waals surface area contributed by atoms with Gasteiger partial charge in [-0.2, -0.15) is 0 Å². The Kier molecular flexibility index (Phi) is 8.39. The highest BCUT2D eigenvalue weighted by Crippen LogP contribution is 2.17. The van der Waals surface area contributed by atoms with Gasteiger partial charge in [-0.25, -0.2) is 9.59 Å². The van der Waals surface area contributed by atoms with Crippen molar-refractivity contribution >= 4 is 29.9 Å². The minimum Gasteiger partial charge on any atom is -0.448 e. The van der Waals surface area contributed by atoms with Crippen LogP contribution in [0.1, 0.15) is 51.5 Å². The number of esters is 1. The lowest BCUT2D eigenvalue weighted by Crippen LogP contribution is -2.48. The Bertz CT molecular complexity index is 770. The summed E-state index contributed by atoms with van der Waals surface area (Å²) in [4.78, 5) is 48.0. The van der Waals surface area contributed by atoms with Crippen LogP contribution in [0.5, 0.6) is 0 Å². The van der Waals surface area contributed by atoms with E-state index in [1.54, 1.807) is 24.3 Å². The first-order valence-corrected chi connectivity index (χ1v) is 9.72. The van der Waals surface area contributed by atoms with Gasteiger partial charge in [-0.05, 0) is 31.4 Å². The third kappa shape index (κ3) is 7.77. The summed E-state index contributed by atoms with van der Waals surface area (Å²) in [5.41, 5.74) is 0.576. The Balaban J connectivity index is 1.93. The van der Waals surface area contributed by atoms with Crippen molar-refractivity contribution in [1.82, 2.24) is 16.0 Å². The number of hydrogen-bond acceptors (Lipinski definition) is 5. The van der Waals surface area contributed by atoms with E-state index in [9.17, 15) is 19.2 Å². The fourth-order valence-electron chi connectivity index (χ4n) is 3.01. The summed E-state index contributed by atoms with van der Waals surface area (Å²) in [7, 11) is 0. The molecule has 8 heteroatoms. The molecule has 156 valence electrons. The van der Waals surface area contributed by atoms with E-state index in [0.717, 1.165) is 32.1 Å². The number of ether oxygens (including phenoxy) is 1. The molecule has 1 saturated carbocycles. The second-order valence-corrected chi connectivity index (χ2v) is 7.00. The molecule has 8 nitrogen and oxygen atoms in total. The van der Waals surface area contributed by atoms with Crippen molar-refractivity contribution in [3.63, 3.8) is 0 Å². The van der Waals surface area contributed by atoms with Gasteiger partial charge < -0.3 is 15.4 Å². The smallest absolute Gasteiger partial charge is 0.355 e. The van der Waals surface area contributed by atoms with Gasteiger partial charge in [0.2, 0.25) is 5.91 Å². The van der Waals surface area contributed by atoms with Crippen molar-refractivity contribution in [3.8, 4) is 0 Å². The second-order valence-electron chi connectivity index (χ2n) is 7.00. The van der Waals surface area contributed by atoms with Crippen LogP contribution in [0.2, 0.25) is 0 Å². The quantitative estimate of drug-likeness (QED) is 0.500. The number of hydrogen-bond donors (Lipinski definition) is 3. The summed E-state index contributed by atoms with van der Waals surface area (Å²) >= 11 is 0. The zero-order chi connectivity index (χ0) is 21.2. The van der Waals surface area contributed by atoms with Crippen molar-refractivity contribution in [3.05, 3.63) is 41.6 Å². The highest BCUT2D eigenvalue weighted by Gasteiger charge is 2.24. The van der Waals surface area contributed by atoms with Gasteiger partial charge in [0.25, 0.3) is 5.91 Å². The van der Waals surface area contributed by atoms with Crippen molar-refractivity contribution in [2.45, 2.75) is 58.1 Å². The number of carbonyl (C=O) groups excluding carboxylic acids is 4. The number of nitrogens with one attached hydrogen (secondary N) is 3. The second kappa shape index (κ2) is 11.0. The molecule has 29 heavy (non-hydrogen) atoms. The predicted molar refractivity (Wildman–Crippen MR) is 107 cm³/mol. The zero-order valence-electron chi connectivity index (χ0n) is 16.7. The van der Waals surface area contributed by atoms with Gasteiger partial charge in [-0.3, -0.25) is 14.9 Å². The minimum absolute atomic E-state index is 0.0505. The molecule has 1 aromatic carbocycles. The molecule has 0 aliphatic heterocycles. The van der Waals surface area contributed by atoms with Gasteiger partial charge in [0.05, 0.1) is 0 Å². The van der Waals surface area contributed by atoms with E-state index >= 15 is 0 Å². The van der Waals surface area contributed by atoms with Gasteiger partial charge >= 0.3 is 12.0 Å². The fourth-order valence-corrected chi connectivity index (χ4v) is 3.01. The molecule has 0 heterocycles. The van der Waals surface area contributed by atoms with E-state index in [1.807, 2.05) is 6.07 Å². The topological polar surface area (TPSA) is 114 Å². The van der Waals surface area contributed by atoms with Crippen molar-refractivity contribution < 1.29 is 23.9 Å². The van der Waals surface area contributed by atoms with E-state index in [-0.39, 0.29) is 11.7 Å². The molecule has 0 aromatic heterocycles. The predicted octanol–water partition coefficient (Wildman–Crippen LogP) is 2.25. The lowest BCUT2D eigenvalue weighted by molar-refractivity contribution is -0.151. The molecular weight excluding hydrogens is 374 g/mol. The van der Waals surface area contributed by atoms with Crippen LogP contribution >= 0.6 is 0 Å². The monoisotopic (exact) mass is 401 g/mol. The molecular formula is C21H27N3O5. The van der Waals surface area contributed by atoms with Crippen LogP contribution in [0.3, 0.4) is 0 Å². The summed E-state index contributed by atoms with van der Waals surface area (Å²) in [6, 6.07) is 8.33. The number of urea groups is 1. The standard InChI is InChI=1S/C21H27N3O5/c1-14(19(26)24-21(28)23-17-11-7-4-8-12-17)29-20(27)18(22-15(2)25)13-16-9-5-3-6-10-16/h3,5-6,9-10,13-14,17H,4,7-8,11-12H2,1-2H3,(H,22,25)(H2,23,24,26,28)/b18-13-/t14-/m0/s1. The zero-order valence-corrected chi connectivity index (χ0v) is 16.7. The average Bonchev–Trinajstić information content (AvgIpc) is 2.68. The Morgan fingerprint density at radius 2 is 1.69 bits per heavy atom. The van der Waals surface area contributed by atoms with Crippen LogP contribution in [0.15, 0.2) is 36.0 Å². The maximum atomic E-state index is 12.4. The first-order chi connectivity index (χ1) is 13.8. The van der Waals surface area contributed by atoms with Gasteiger partial charge in [-0.1, -0.05) is 49.6 Å². The van der Waals surface area contributed by atoms with Crippen molar-refractivity contribution in [1.29, 1.82) is 0 Å². The van der Waals surface area contributed by atoms with Crippen LogP contribution in [0, 0.1) is 0 Å². The maximum Gasteiger partial charge on any atom is 0.355 e. The van der Waals surface area contributed by atoms with E-state index < -0.39 is 29.9 Å². The SMILES string of the molecule is CC(=O)N/C(=C\c1ccccc1)C(=O)O[C@@H](C)C(=O)NC(=O)NC1CCCCC1. The van der Waals surface area contributed by atoms with Gasteiger partial charge in [-0.15, -0.1) is 0 Å². The third-order valence-electron chi connectivity index (χ3n) is 4.47. The largest absolute Gasteiger partial charge is 0.448 e. The minimum atomic E-state index is -1.22. The van der Waals surface area contributed by atoms with Crippen LogP contribution in [-0.4, -0.2) is 36.0 Å². The first-order valence-electron chi connectivity index (χ1n) is 9.72. The molecule has 0 saturated heterocycles. The van der Waals surface area contributed by atoms with Crippen molar-refractivity contribution in [2.24, 2.45) is 0 Å². The molecule has 1 aliphatic rings. The maximum absolute atomic E-state index is 12.4. The molecule has 4 amide bonds. The molecule has 1 aliphatic carbocycles. The molecule has 3 N–H and O–H groups in total. The molecule has 1 aromatic rings. The molecule has 0 radical (unpaired) electrons. The van der Waals surface area contributed by atoms with Crippen LogP contribution in [0.25, 0.3) is 6.08 Å². The molecule has 1 fully saturated rings. The summed E-state index contributed by atoms with van der Waals surface area (Å²) < 4.78 is 5.12. The summed E-state index contributed by atoms with van der Waals surface area (Å²) in [6.45, 7) is 2.62. The summed E-state index contributed by atoms with van der Waals surface area (Å²) in [6.07, 6.45) is 5.25. The van der Waals surface area contributed by atoms with Crippen LogP contribution < -0.4 is 16.0 Å². The molecule has 1 atom stereocenters. The number of amides is 4. The van der Waals surface area contributed by atoms with E-state index in [4.69, 9.17) is 4.74 Å².